The Kier molecular flexibility index (Phi) is 7.73. The molecule has 2 aliphatic rings. The molecule has 9 nitrogen and oxygen atoms in total. The molecule has 1 fully saturated rings. The van der Waals surface area contributed by atoms with E-state index in [-0.39, 0.29) is 52.9 Å². The zero-order valence-electron chi connectivity index (χ0n) is 24.4. The summed E-state index contributed by atoms with van der Waals surface area (Å²) >= 11 is 9.36. The molecular weight excluding hydrogens is 674 g/mol. The predicted molar refractivity (Wildman–Crippen MR) is 166 cm³/mol. The van der Waals surface area contributed by atoms with Gasteiger partial charge in [-0.3, -0.25) is 9.59 Å². The fourth-order valence-electron chi connectivity index (χ4n) is 5.63. The highest BCUT2D eigenvalue weighted by Gasteiger charge is 2.50. The molecule has 2 aromatic carbocycles. The first kappa shape index (κ1) is 31.1. The number of fused-ring (bicyclic) bond motifs is 2. The van der Waals surface area contributed by atoms with Gasteiger partial charge in [-0.25, -0.2) is 18.7 Å². The van der Waals surface area contributed by atoms with Crippen LogP contribution in [0.1, 0.15) is 47.1 Å². The van der Waals surface area contributed by atoms with Gasteiger partial charge in [-0.2, -0.15) is 0 Å². The Morgan fingerprint density at radius 2 is 1.98 bits per heavy atom. The molecular formula is C32H28BrClF2N4O5. The molecule has 0 saturated heterocycles. The number of methoxy groups -OCH3 is 1. The lowest BCUT2D eigenvalue weighted by Crippen LogP contribution is -2.44. The molecule has 6 rings (SSSR count). The SMILES string of the molecule is COc1cc(C(=O)NC[C@](O)(c2cc3c(c(-c4ccc(F)c(Cl)c4F)n2)OC[C@]3(C)C(N)=O)C2CC2)cc2cc(Br)c(C)nc12. The van der Waals surface area contributed by atoms with Crippen LogP contribution in [-0.2, 0) is 15.8 Å². The summed E-state index contributed by atoms with van der Waals surface area (Å²) in [7, 11) is 1.49. The second kappa shape index (κ2) is 11.2. The first-order valence-corrected chi connectivity index (χ1v) is 15.2. The standard InChI is InChI=1S/C32H28BrClF2N4O5/c1-14-20(33)9-15-8-16(10-22(44-3)26(15)39-14)29(41)38-12-32(43,17-4-5-17)23-11-19-28(45-13-31(19,2)30(37)42)27(40-23)18-6-7-21(35)24(34)25(18)36/h6-11,17,43H,4-5,12-13H2,1-3H3,(H2,37,42)(H,38,41)/t31-,32+/m0/s1. The summed E-state index contributed by atoms with van der Waals surface area (Å²) in [4.78, 5) is 35.3. The molecule has 13 heteroatoms. The predicted octanol–water partition coefficient (Wildman–Crippen LogP) is 5.47. The van der Waals surface area contributed by atoms with Crippen LogP contribution in [0, 0.1) is 24.5 Å². The van der Waals surface area contributed by atoms with Crippen LogP contribution < -0.4 is 20.5 Å². The van der Waals surface area contributed by atoms with E-state index in [4.69, 9.17) is 26.8 Å². The number of nitrogens with two attached hydrogens (primary N) is 1. The maximum Gasteiger partial charge on any atom is 0.251 e. The Bertz CT molecular complexity index is 1920. The van der Waals surface area contributed by atoms with E-state index in [1.165, 1.54) is 13.2 Å². The highest BCUT2D eigenvalue weighted by molar-refractivity contribution is 9.10. The van der Waals surface area contributed by atoms with E-state index in [0.717, 1.165) is 22.3 Å². The normalized spacial score (nSPS) is 18.7. The van der Waals surface area contributed by atoms with Gasteiger partial charge in [0.05, 0.1) is 25.0 Å². The molecule has 3 heterocycles. The molecule has 2 aromatic heterocycles. The van der Waals surface area contributed by atoms with Crippen LogP contribution in [-0.4, -0.2) is 47.2 Å². The van der Waals surface area contributed by atoms with E-state index in [1.54, 1.807) is 19.1 Å². The minimum absolute atomic E-state index is 0.0663. The summed E-state index contributed by atoms with van der Waals surface area (Å²) < 4.78 is 41.5. The van der Waals surface area contributed by atoms with Crippen molar-refractivity contribution in [3.05, 3.63) is 80.0 Å². The number of hydrogen-bond donors (Lipinski definition) is 3. The Morgan fingerprint density at radius 1 is 1.24 bits per heavy atom. The molecule has 0 bridgehead atoms. The summed E-state index contributed by atoms with van der Waals surface area (Å²) in [6.45, 7) is 3.00. The number of carbonyl (C=O) groups excluding carboxylic acids is 2. The van der Waals surface area contributed by atoms with Crippen molar-refractivity contribution in [3.63, 3.8) is 0 Å². The molecule has 4 N–H and O–H groups in total. The number of aromatic nitrogens is 2. The van der Waals surface area contributed by atoms with Crippen molar-refractivity contribution in [1.82, 2.24) is 15.3 Å². The number of nitrogens with one attached hydrogen (secondary N) is 1. The number of carbonyl (C=O) groups is 2. The van der Waals surface area contributed by atoms with E-state index in [1.807, 2.05) is 13.0 Å². The average molecular weight is 702 g/mol. The number of ether oxygens (including phenoxy) is 2. The monoisotopic (exact) mass is 700 g/mol. The second-order valence-electron chi connectivity index (χ2n) is 11.6. The summed E-state index contributed by atoms with van der Waals surface area (Å²) in [6, 6.07) is 8.73. The summed E-state index contributed by atoms with van der Waals surface area (Å²) in [5.41, 5.74) is 4.40. The number of rotatable bonds is 8. The third-order valence-corrected chi connectivity index (χ3v) is 9.76. The largest absolute Gasteiger partial charge is 0.494 e. The molecule has 0 spiro atoms. The Morgan fingerprint density at radius 3 is 2.64 bits per heavy atom. The molecule has 4 aromatic rings. The lowest BCUT2D eigenvalue weighted by Gasteiger charge is -2.30. The zero-order chi connectivity index (χ0) is 32.4. The van der Waals surface area contributed by atoms with Gasteiger partial charge in [-0.15, -0.1) is 0 Å². The van der Waals surface area contributed by atoms with Gasteiger partial charge in [-0.1, -0.05) is 11.6 Å². The summed E-state index contributed by atoms with van der Waals surface area (Å²) in [5, 5.41) is 14.9. The first-order chi connectivity index (χ1) is 21.3. The van der Waals surface area contributed by atoms with E-state index < -0.39 is 39.5 Å². The molecule has 1 aliphatic heterocycles. The number of primary amides is 1. The topological polar surface area (TPSA) is 137 Å². The van der Waals surface area contributed by atoms with Crippen LogP contribution in [0.15, 0.2) is 40.9 Å². The van der Waals surface area contributed by atoms with Crippen LogP contribution in [0.2, 0.25) is 5.02 Å². The lowest BCUT2D eigenvalue weighted by atomic mass is 9.81. The maximum atomic E-state index is 15.3. The van der Waals surface area contributed by atoms with Crippen LogP contribution in [0.3, 0.4) is 0 Å². The number of benzene rings is 2. The van der Waals surface area contributed by atoms with Crippen molar-refractivity contribution >= 4 is 50.2 Å². The van der Waals surface area contributed by atoms with Gasteiger partial charge in [0.2, 0.25) is 5.91 Å². The van der Waals surface area contributed by atoms with Gasteiger partial charge in [0.15, 0.2) is 5.82 Å². The third kappa shape index (κ3) is 5.18. The smallest absolute Gasteiger partial charge is 0.251 e. The Labute approximate surface area is 270 Å². The highest BCUT2D eigenvalue weighted by atomic mass is 79.9. The minimum Gasteiger partial charge on any atom is -0.494 e. The van der Waals surface area contributed by atoms with Crippen LogP contribution in [0.25, 0.3) is 22.2 Å². The molecule has 45 heavy (non-hydrogen) atoms. The zero-order valence-corrected chi connectivity index (χ0v) is 26.8. The molecule has 1 saturated carbocycles. The fourth-order valence-corrected chi connectivity index (χ4v) is 6.13. The van der Waals surface area contributed by atoms with Crippen molar-refractivity contribution in [3.8, 4) is 22.8 Å². The molecule has 2 amide bonds. The summed E-state index contributed by atoms with van der Waals surface area (Å²) in [6.07, 6.45) is 1.26. The van der Waals surface area contributed by atoms with Gasteiger partial charge in [0, 0.05) is 26.5 Å². The van der Waals surface area contributed by atoms with Crippen molar-refractivity contribution in [2.45, 2.75) is 37.7 Å². The maximum absolute atomic E-state index is 15.3. The Balaban J connectivity index is 1.42. The van der Waals surface area contributed by atoms with E-state index in [9.17, 15) is 19.1 Å². The molecule has 2 atom stereocenters. The summed E-state index contributed by atoms with van der Waals surface area (Å²) in [5.74, 6) is -3.07. The minimum atomic E-state index is -1.73. The number of nitrogens with zero attached hydrogens (tertiary/aromatic N) is 2. The van der Waals surface area contributed by atoms with Gasteiger partial charge in [0.25, 0.3) is 5.91 Å². The van der Waals surface area contributed by atoms with Crippen molar-refractivity contribution in [2.24, 2.45) is 11.7 Å². The van der Waals surface area contributed by atoms with Gasteiger partial charge < -0.3 is 25.6 Å². The molecule has 0 radical (unpaired) electrons. The number of aliphatic hydroxyl groups is 1. The van der Waals surface area contributed by atoms with Crippen molar-refractivity contribution in [2.75, 3.05) is 20.3 Å². The quantitative estimate of drug-likeness (QED) is 0.207. The molecule has 1 aliphatic carbocycles. The first-order valence-electron chi connectivity index (χ1n) is 14.1. The number of hydrogen-bond acceptors (Lipinski definition) is 7. The average Bonchev–Trinajstić information content (AvgIpc) is 3.82. The fraction of sp³-hybridized carbons (Fsp3) is 0.312. The van der Waals surface area contributed by atoms with E-state index >= 15 is 4.39 Å². The molecule has 234 valence electrons. The van der Waals surface area contributed by atoms with Crippen LogP contribution >= 0.6 is 27.5 Å². The Hall–Kier alpha value is -3.87. The van der Waals surface area contributed by atoms with Gasteiger partial charge in [0.1, 0.15) is 51.2 Å². The third-order valence-electron chi connectivity index (χ3n) is 8.62. The number of pyridine rings is 2. The number of aryl methyl sites for hydroxylation is 1. The number of amides is 2. The van der Waals surface area contributed by atoms with E-state index in [2.05, 4.69) is 31.2 Å². The van der Waals surface area contributed by atoms with Gasteiger partial charge in [-0.05, 0) is 84.9 Å². The molecule has 0 unspecified atom stereocenters. The van der Waals surface area contributed by atoms with Crippen molar-refractivity contribution in [1.29, 1.82) is 0 Å². The van der Waals surface area contributed by atoms with Gasteiger partial charge >= 0.3 is 0 Å². The number of halogens is 4. The second-order valence-corrected chi connectivity index (χ2v) is 12.9. The lowest BCUT2D eigenvalue weighted by molar-refractivity contribution is -0.123. The van der Waals surface area contributed by atoms with Crippen LogP contribution in [0.4, 0.5) is 8.78 Å². The van der Waals surface area contributed by atoms with Crippen LogP contribution in [0.5, 0.6) is 11.5 Å². The van der Waals surface area contributed by atoms with Crippen molar-refractivity contribution < 1.29 is 33.0 Å². The highest BCUT2D eigenvalue weighted by Crippen LogP contribution is 2.50. The van der Waals surface area contributed by atoms with E-state index in [0.29, 0.717) is 29.5 Å².